The number of aromatic nitrogens is 2. The maximum atomic E-state index is 12.3. The smallest absolute Gasteiger partial charge is 0.257 e. The van der Waals surface area contributed by atoms with Gasteiger partial charge in [-0.15, -0.1) is 4.83 Å². The van der Waals surface area contributed by atoms with Gasteiger partial charge in [-0.2, -0.15) is 0 Å². The van der Waals surface area contributed by atoms with Crippen LogP contribution in [0.1, 0.15) is 25.3 Å². The van der Waals surface area contributed by atoms with Crippen LogP contribution in [0.15, 0.2) is 35.5 Å². The molecular formula is C15H22N6O2S. The molecule has 0 spiro atoms. The molecule has 0 atom stereocenters. The van der Waals surface area contributed by atoms with E-state index in [1.807, 2.05) is 6.92 Å². The highest BCUT2D eigenvalue weighted by Gasteiger charge is 2.15. The third-order valence-corrected chi connectivity index (χ3v) is 4.61. The molecule has 2 aromatic rings. The second kappa shape index (κ2) is 7.93. The number of hydrazine groups is 1. The van der Waals surface area contributed by atoms with Crippen LogP contribution in [0.2, 0.25) is 0 Å². The lowest BCUT2D eigenvalue weighted by molar-refractivity contribution is 0.587. The fourth-order valence-corrected chi connectivity index (χ4v) is 2.75. The molecule has 1 aromatic carbocycles. The zero-order chi connectivity index (χ0) is 17.6. The molecule has 130 valence electrons. The third kappa shape index (κ3) is 4.56. The predicted molar refractivity (Wildman–Crippen MR) is 95.0 cm³/mol. The molecule has 8 nitrogen and oxygen atoms in total. The molecular weight excluding hydrogens is 328 g/mol. The van der Waals surface area contributed by atoms with Crippen molar-refractivity contribution in [3.05, 3.63) is 36.2 Å². The van der Waals surface area contributed by atoms with E-state index >= 15 is 0 Å². The highest BCUT2D eigenvalue weighted by Crippen LogP contribution is 2.22. The van der Waals surface area contributed by atoms with Crippen molar-refractivity contribution in [3.8, 4) is 0 Å². The monoisotopic (exact) mass is 350 g/mol. The van der Waals surface area contributed by atoms with Crippen molar-refractivity contribution in [2.45, 2.75) is 31.6 Å². The van der Waals surface area contributed by atoms with E-state index in [9.17, 15) is 8.42 Å². The van der Waals surface area contributed by atoms with Gasteiger partial charge in [-0.1, -0.05) is 31.0 Å². The number of benzene rings is 1. The zero-order valence-corrected chi connectivity index (χ0v) is 14.5. The largest absolute Gasteiger partial charge is 0.393 e. The minimum absolute atomic E-state index is 0.148. The molecule has 0 bridgehead atoms. The van der Waals surface area contributed by atoms with E-state index < -0.39 is 10.0 Å². The quantitative estimate of drug-likeness (QED) is 0.423. The van der Waals surface area contributed by atoms with Gasteiger partial charge in [-0.05, 0) is 25.5 Å². The molecule has 0 saturated heterocycles. The van der Waals surface area contributed by atoms with Gasteiger partial charge in [0.15, 0.2) is 11.6 Å². The summed E-state index contributed by atoms with van der Waals surface area (Å²) in [5, 5.41) is 3.10. The summed E-state index contributed by atoms with van der Waals surface area (Å²) < 4.78 is 24.5. The molecule has 0 amide bonds. The van der Waals surface area contributed by atoms with Gasteiger partial charge in [0.2, 0.25) is 0 Å². The summed E-state index contributed by atoms with van der Waals surface area (Å²) in [6.07, 6.45) is 3.33. The first-order chi connectivity index (χ1) is 11.4. The minimum Gasteiger partial charge on any atom is -0.393 e. The first kappa shape index (κ1) is 18.0. The molecule has 1 heterocycles. The zero-order valence-electron chi connectivity index (χ0n) is 13.7. The topological polar surface area (TPSA) is 122 Å². The molecule has 1 aromatic heterocycles. The summed E-state index contributed by atoms with van der Waals surface area (Å²) in [6.45, 7) is 4.70. The molecule has 9 heteroatoms. The fourth-order valence-electron chi connectivity index (χ4n) is 1.91. The lowest BCUT2D eigenvalue weighted by atomic mass is 10.2. The maximum absolute atomic E-state index is 12.3. The number of anilines is 3. The molecule has 0 radical (unpaired) electrons. The van der Waals surface area contributed by atoms with Crippen LogP contribution >= 0.6 is 0 Å². The van der Waals surface area contributed by atoms with Crippen molar-refractivity contribution < 1.29 is 8.42 Å². The number of nitrogen functional groups attached to an aromatic ring is 1. The second-order valence-corrected chi connectivity index (χ2v) is 6.99. The predicted octanol–water partition coefficient (Wildman–Crippen LogP) is 1.88. The Morgan fingerprint density at radius 1 is 1.12 bits per heavy atom. The van der Waals surface area contributed by atoms with E-state index in [4.69, 9.17) is 5.73 Å². The van der Waals surface area contributed by atoms with E-state index in [2.05, 4.69) is 32.5 Å². The first-order valence-electron chi connectivity index (χ1n) is 7.63. The Labute approximate surface area is 141 Å². The van der Waals surface area contributed by atoms with Gasteiger partial charge in [0.1, 0.15) is 12.0 Å². The standard InChI is InChI=1S/C15H22N6O2S/c1-3-4-9-17-14-13(16)15(19-10-18-14)20-21-24(22,23)12-7-5-11(2)6-8-12/h5-8,10,21H,3-4,9,16H2,1-2H3,(H2,17,18,19,20). The number of unbranched alkanes of at least 4 members (excludes halogenated alkanes) is 1. The number of nitrogens with zero attached hydrogens (tertiary/aromatic N) is 2. The Kier molecular flexibility index (Phi) is 5.93. The lowest BCUT2D eigenvalue weighted by Crippen LogP contribution is -2.30. The average molecular weight is 350 g/mol. The number of nitrogens with two attached hydrogens (primary N) is 1. The summed E-state index contributed by atoms with van der Waals surface area (Å²) >= 11 is 0. The number of hydrogen-bond acceptors (Lipinski definition) is 7. The summed E-state index contributed by atoms with van der Waals surface area (Å²) in [7, 11) is -3.72. The van der Waals surface area contributed by atoms with Crippen molar-refractivity contribution in [1.82, 2.24) is 14.8 Å². The Morgan fingerprint density at radius 2 is 1.79 bits per heavy atom. The fraction of sp³-hybridized carbons (Fsp3) is 0.333. The summed E-state index contributed by atoms with van der Waals surface area (Å²) in [5.41, 5.74) is 9.74. The molecule has 5 N–H and O–H groups in total. The number of rotatable bonds is 8. The molecule has 24 heavy (non-hydrogen) atoms. The lowest BCUT2D eigenvalue weighted by Gasteiger charge is -2.13. The van der Waals surface area contributed by atoms with Gasteiger partial charge >= 0.3 is 0 Å². The van der Waals surface area contributed by atoms with Gasteiger partial charge < -0.3 is 11.1 Å². The van der Waals surface area contributed by atoms with Crippen LogP contribution in [0, 0.1) is 6.92 Å². The second-order valence-electron chi connectivity index (χ2n) is 5.31. The van der Waals surface area contributed by atoms with Crippen LogP contribution in [0.25, 0.3) is 0 Å². The number of nitrogens with one attached hydrogen (secondary N) is 3. The summed E-state index contributed by atoms with van der Waals surface area (Å²) in [6, 6.07) is 6.51. The normalized spacial score (nSPS) is 11.2. The van der Waals surface area contributed by atoms with Gasteiger partial charge in [-0.3, -0.25) is 5.43 Å². The van der Waals surface area contributed by atoms with Gasteiger partial charge in [-0.25, -0.2) is 18.4 Å². The van der Waals surface area contributed by atoms with Crippen LogP contribution in [-0.4, -0.2) is 24.9 Å². The highest BCUT2D eigenvalue weighted by molar-refractivity contribution is 7.89. The Balaban J connectivity index is 2.08. The number of sulfonamides is 1. The van der Waals surface area contributed by atoms with Crippen molar-refractivity contribution in [3.63, 3.8) is 0 Å². The van der Waals surface area contributed by atoms with Crippen molar-refractivity contribution in [2.75, 3.05) is 23.0 Å². The molecule has 0 fully saturated rings. The number of hydrogen-bond donors (Lipinski definition) is 4. The number of aryl methyl sites for hydroxylation is 1. The van der Waals surface area contributed by atoms with Gasteiger partial charge in [0.25, 0.3) is 10.0 Å². The molecule has 2 rings (SSSR count). The minimum atomic E-state index is -3.72. The average Bonchev–Trinajstić information content (AvgIpc) is 2.56. The van der Waals surface area contributed by atoms with Crippen LogP contribution in [0.5, 0.6) is 0 Å². The van der Waals surface area contributed by atoms with Crippen LogP contribution < -0.4 is 21.3 Å². The van der Waals surface area contributed by atoms with E-state index in [0.717, 1.165) is 24.9 Å². The Hall–Kier alpha value is -2.39. The molecule has 0 unspecified atom stereocenters. The maximum Gasteiger partial charge on any atom is 0.257 e. The first-order valence-corrected chi connectivity index (χ1v) is 9.11. The van der Waals surface area contributed by atoms with E-state index in [1.165, 1.54) is 18.5 Å². The van der Waals surface area contributed by atoms with Gasteiger partial charge in [0.05, 0.1) is 4.90 Å². The van der Waals surface area contributed by atoms with Crippen molar-refractivity contribution >= 4 is 27.3 Å². The molecule has 0 aliphatic rings. The van der Waals surface area contributed by atoms with E-state index in [0.29, 0.717) is 5.82 Å². The highest BCUT2D eigenvalue weighted by atomic mass is 32.2. The molecule has 0 aliphatic carbocycles. The summed E-state index contributed by atoms with van der Waals surface area (Å²) in [4.78, 5) is 10.4. The SMILES string of the molecule is CCCCNc1ncnc(NNS(=O)(=O)c2ccc(C)cc2)c1N. The van der Waals surface area contributed by atoms with Gasteiger partial charge in [0, 0.05) is 6.54 Å². The van der Waals surface area contributed by atoms with E-state index in [-0.39, 0.29) is 16.4 Å². The van der Waals surface area contributed by atoms with Crippen LogP contribution in [0.3, 0.4) is 0 Å². The molecule has 0 saturated carbocycles. The molecule has 0 aliphatic heterocycles. The van der Waals surface area contributed by atoms with Crippen molar-refractivity contribution in [2.24, 2.45) is 0 Å². The van der Waals surface area contributed by atoms with E-state index in [1.54, 1.807) is 12.1 Å². The van der Waals surface area contributed by atoms with Crippen molar-refractivity contribution in [1.29, 1.82) is 0 Å². The van der Waals surface area contributed by atoms with Crippen LogP contribution in [0.4, 0.5) is 17.3 Å². The Morgan fingerprint density at radius 3 is 2.46 bits per heavy atom. The third-order valence-electron chi connectivity index (χ3n) is 3.34. The van der Waals surface area contributed by atoms with Crippen LogP contribution in [-0.2, 0) is 10.0 Å². The summed E-state index contributed by atoms with van der Waals surface area (Å²) in [5.74, 6) is 0.662. The Bertz CT molecular complexity index is 777.